The lowest BCUT2D eigenvalue weighted by Gasteiger charge is -2.37. The maximum atomic E-state index is 12.9. The lowest BCUT2D eigenvalue weighted by molar-refractivity contribution is -0.137. The molecule has 1 heterocycles. The maximum Gasteiger partial charge on any atom is 0.416 e. The smallest absolute Gasteiger partial charge is 0.416 e. The van der Waals surface area contributed by atoms with Crippen molar-refractivity contribution < 1.29 is 32.2 Å². The molecule has 1 fully saturated rings. The van der Waals surface area contributed by atoms with E-state index in [4.69, 9.17) is 9.47 Å². The van der Waals surface area contributed by atoms with Crippen molar-refractivity contribution in [2.24, 2.45) is 0 Å². The number of ether oxygens (including phenoxy) is 2. The number of carbonyl (C=O) groups excluding carboxylic acids is 2. The molecular weight excluding hydrogens is 403 g/mol. The summed E-state index contributed by atoms with van der Waals surface area (Å²) in [5.74, 6) is -0.327. The summed E-state index contributed by atoms with van der Waals surface area (Å²) < 4.78 is 49.1. The Morgan fingerprint density at radius 1 is 1.13 bits per heavy atom. The number of methoxy groups -OCH3 is 1. The van der Waals surface area contributed by atoms with Gasteiger partial charge in [0.1, 0.15) is 11.6 Å². The fourth-order valence-corrected chi connectivity index (χ4v) is 3.08. The number of piperazine rings is 1. The Labute approximate surface area is 174 Å². The summed E-state index contributed by atoms with van der Waals surface area (Å²) in [5.41, 5.74) is -0.959. The molecule has 1 aromatic rings. The lowest BCUT2D eigenvalue weighted by atomic mass is 10.1. The molecule has 0 radical (unpaired) electrons. The molecule has 1 aliphatic rings. The first kappa shape index (κ1) is 23.8. The molecule has 0 aliphatic carbocycles. The number of benzene rings is 1. The molecule has 0 bridgehead atoms. The van der Waals surface area contributed by atoms with Gasteiger partial charge < -0.3 is 24.6 Å². The molecule has 168 valence electrons. The van der Waals surface area contributed by atoms with Crippen LogP contribution in [0, 0.1) is 0 Å². The average Bonchev–Trinajstić information content (AvgIpc) is 2.65. The van der Waals surface area contributed by atoms with E-state index in [0.29, 0.717) is 31.9 Å². The Hall–Kier alpha value is -2.49. The summed E-state index contributed by atoms with van der Waals surface area (Å²) in [6, 6.07) is 4.21. The summed E-state index contributed by atoms with van der Waals surface area (Å²) in [5, 5.41) is 2.52. The lowest BCUT2D eigenvalue weighted by Crippen LogP contribution is -2.56. The number of carbonyl (C=O) groups is 2. The van der Waals surface area contributed by atoms with E-state index in [2.05, 4.69) is 5.32 Å². The van der Waals surface area contributed by atoms with Crippen molar-refractivity contribution in [2.75, 3.05) is 44.8 Å². The Balaban J connectivity index is 1.98. The van der Waals surface area contributed by atoms with Gasteiger partial charge in [0.05, 0.1) is 12.2 Å². The fraction of sp³-hybridized carbons (Fsp3) is 0.600. The van der Waals surface area contributed by atoms with Crippen LogP contribution in [0.1, 0.15) is 26.3 Å². The van der Waals surface area contributed by atoms with Gasteiger partial charge in [-0.2, -0.15) is 13.2 Å². The van der Waals surface area contributed by atoms with Gasteiger partial charge in [-0.25, -0.2) is 4.79 Å². The van der Waals surface area contributed by atoms with Crippen LogP contribution in [0.25, 0.3) is 0 Å². The third-order valence-electron chi connectivity index (χ3n) is 4.45. The molecule has 1 saturated heterocycles. The van der Waals surface area contributed by atoms with Crippen LogP contribution in [0.2, 0.25) is 0 Å². The Morgan fingerprint density at radius 2 is 1.77 bits per heavy atom. The van der Waals surface area contributed by atoms with Crippen molar-refractivity contribution in [3.8, 4) is 0 Å². The van der Waals surface area contributed by atoms with Gasteiger partial charge in [0.2, 0.25) is 5.91 Å². The van der Waals surface area contributed by atoms with Crippen LogP contribution in [0.5, 0.6) is 0 Å². The number of amides is 2. The van der Waals surface area contributed by atoms with E-state index in [-0.39, 0.29) is 12.5 Å². The summed E-state index contributed by atoms with van der Waals surface area (Å²) in [6.45, 7) is 6.49. The highest BCUT2D eigenvalue weighted by Crippen LogP contribution is 2.31. The number of anilines is 1. The largest absolute Gasteiger partial charge is 0.444 e. The Bertz CT molecular complexity index is 742. The highest BCUT2D eigenvalue weighted by molar-refractivity contribution is 5.86. The van der Waals surface area contributed by atoms with Gasteiger partial charge in [0.15, 0.2) is 0 Å². The standard InChI is InChI=1S/C20H28F3N3O4/c1-19(2,3)30-18(28)24-16(13-29-4)17(27)26-10-8-25(9-11-26)15-7-5-6-14(12-15)20(21,22)23/h5-7,12,16H,8-11,13H2,1-4H3,(H,24,28)/t16-/m0/s1. The number of nitrogens with one attached hydrogen (secondary N) is 1. The summed E-state index contributed by atoms with van der Waals surface area (Å²) in [4.78, 5) is 28.2. The van der Waals surface area contributed by atoms with Crippen LogP contribution in [0.15, 0.2) is 24.3 Å². The van der Waals surface area contributed by atoms with Crippen molar-refractivity contribution in [3.05, 3.63) is 29.8 Å². The third-order valence-corrected chi connectivity index (χ3v) is 4.45. The number of alkyl carbamates (subject to hydrolysis) is 1. The monoisotopic (exact) mass is 431 g/mol. The van der Waals surface area contributed by atoms with Crippen LogP contribution < -0.4 is 10.2 Å². The molecule has 0 unspecified atom stereocenters. The molecule has 7 nitrogen and oxygen atoms in total. The second-order valence-electron chi connectivity index (χ2n) is 8.01. The molecule has 2 amide bonds. The summed E-state index contributed by atoms with van der Waals surface area (Å²) >= 11 is 0. The van der Waals surface area contributed by atoms with E-state index in [0.717, 1.165) is 12.1 Å². The Morgan fingerprint density at radius 3 is 2.30 bits per heavy atom. The number of hydrogen-bond acceptors (Lipinski definition) is 5. The normalized spacial score (nSPS) is 16.2. The van der Waals surface area contributed by atoms with Crippen LogP contribution in [0.3, 0.4) is 0 Å². The van der Waals surface area contributed by atoms with E-state index in [1.165, 1.54) is 13.2 Å². The van der Waals surface area contributed by atoms with E-state index in [9.17, 15) is 22.8 Å². The molecule has 30 heavy (non-hydrogen) atoms. The quantitative estimate of drug-likeness (QED) is 0.776. The molecule has 0 spiro atoms. The minimum absolute atomic E-state index is 0.0219. The first-order valence-corrected chi connectivity index (χ1v) is 9.60. The van der Waals surface area contributed by atoms with E-state index < -0.39 is 29.5 Å². The second kappa shape index (κ2) is 9.55. The Kier molecular flexibility index (Phi) is 7.57. The molecule has 0 aromatic heterocycles. The van der Waals surface area contributed by atoms with Gasteiger partial charge in [-0.3, -0.25) is 4.79 Å². The van der Waals surface area contributed by atoms with Gasteiger partial charge in [-0.15, -0.1) is 0 Å². The summed E-state index contributed by atoms with van der Waals surface area (Å²) in [7, 11) is 1.42. The zero-order valence-electron chi connectivity index (χ0n) is 17.6. The van der Waals surface area contributed by atoms with Crippen molar-refractivity contribution in [1.82, 2.24) is 10.2 Å². The van der Waals surface area contributed by atoms with Crippen LogP contribution >= 0.6 is 0 Å². The zero-order valence-corrected chi connectivity index (χ0v) is 17.6. The first-order chi connectivity index (χ1) is 13.9. The van der Waals surface area contributed by atoms with Crippen LogP contribution in [-0.2, 0) is 20.4 Å². The van der Waals surface area contributed by atoms with E-state index in [1.807, 2.05) is 0 Å². The number of rotatable bonds is 5. The number of halogens is 3. The van der Waals surface area contributed by atoms with Crippen molar-refractivity contribution in [3.63, 3.8) is 0 Å². The average molecular weight is 431 g/mol. The fourth-order valence-electron chi connectivity index (χ4n) is 3.08. The molecule has 1 aliphatic heterocycles. The van der Waals surface area contributed by atoms with Crippen molar-refractivity contribution in [2.45, 2.75) is 38.6 Å². The highest BCUT2D eigenvalue weighted by Gasteiger charge is 2.32. The van der Waals surface area contributed by atoms with Crippen LogP contribution in [0.4, 0.5) is 23.7 Å². The maximum absolute atomic E-state index is 12.9. The predicted molar refractivity (Wildman–Crippen MR) is 105 cm³/mol. The van der Waals surface area contributed by atoms with Crippen molar-refractivity contribution in [1.29, 1.82) is 0 Å². The summed E-state index contributed by atoms with van der Waals surface area (Å²) in [6.07, 6.45) is -5.13. The molecule has 10 heteroatoms. The highest BCUT2D eigenvalue weighted by atomic mass is 19.4. The topological polar surface area (TPSA) is 71.1 Å². The molecule has 2 rings (SSSR count). The molecule has 1 atom stereocenters. The molecule has 0 saturated carbocycles. The van der Waals surface area contributed by atoms with Gasteiger partial charge >= 0.3 is 12.3 Å². The zero-order chi connectivity index (χ0) is 22.5. The minimum atomic E-state index is -4.41. The molecule has 1 N–H and O–H groups in total. The predicted octanol–water partition coefficient (Wildman–Crippen LogP) is 2.89. The number of hydrogen-bond donors (Lipinski definition) is 1. The van der Waals surface area contributed by atoms with Crippen molar-refractivity contribution >= 4 is 17.7 Å². The van der Waals surface area contributed by atoms with Gasteiger partial charge in [0, 0.05) is 39.0 Å². The number of alkyl halides is 3. The molecular formula is C20H28F3N3O4. The SMILES string of the molecule is COC[C@H](NC(=O)OC(C)(C)C)C(=O)N1CCN(c2cccc(C(F)(F)F)c2)CC1. The van der Waals surface area contributed by atoms with E-state index >= 15 is 0 Å². The van der Waals surface area contributed by atoms with Crippen LogP contribution in [-0.4, -0.2) is 68.4 Å². The minimum Gasteiger partial charge on any atom is -0.444 e. The second-order valence-corrected chi connectivity index (χ2v) is 8.01. The third kappa shape index (κ3) is 6.79. The number of nitrogens with zero attached hydrogens (tertiary/aromatic N) is 2. The van der Waals surface area contributed by atoms with E-state index in [1.54, 1.807) is 36.6 Å². The first-order valence-electron chi connectivity index (χ1n) is 9.60. The van der Waals surface area contributed by atoms with Gasteiger partial charge in [-0.1, -0.05) is 6.07 Å². The van der Waals surface area contributed by atoms with Gasteiger partial charge in [-0.05, 0) is 39.0 Å². The van der Waals surface area contributed by atoms with Gasteiger partial charge in [0.25, 0.3) is 0 Å². The molecule has 1 aromatic carbocycles.